The number of methoxy groups -OCH3 is 1. The number of aliphatic hydroxyl groups is 2. The van der Waals surface area contributed by atoms with Gasteiger partial charge in [-0.1, -0.05) is 6.92 Å². The van der Waals surface area contributed by atoms with Crippen LogP contribution < -0.4 is 0 Å². The van der Waals surface area contributed by atoms with E-state index in [0.717, 1.165) is 51.4 Å². The third kappa shape index (κ3) is 5.76. The minimum atomic E-state index is -1.74. The second-order valence-corrected chi connectivity index (χ2v) is 14.9. The monoisotopic (exact) mass is 640 g/mol. The third-order valence-corrected chi connectivity index (χ3v) is 13.0. The number of Topliss-reactive ketones (excluding diaryl/α,β-unsaturated/α-hetero) is 1. The zero-order valence-electron chi connectivity index (χ0n) is 28.8. The van der Waals surface area contributed by atoms with E-state index in [1.807, 2.05) is 20.8 Å². The molecule has 5 aliphatic rings. The molecule has 1 aliphatic heterocycles. The number of hydrogen-bond donors (Lipinski definition) is 2. The van der Waals surface area contributed by atoms with Crippen molar-refractivity contribution in [3.8, 4) is 0 Å². The highest BCUT2D eigenvalue weighted by molar-refractivity contribution is 5.88. The van der Waals surface area contributed by atoms with E-state index < -0.39 is 40.7 Å². The van der Waals surface area contributed by atoms with Gasteiger partial charge in [0.2, 0.25) is 0 Å². The van der Waals surface area contributed by atoms with Crippen LogP contribution in [0.2, 0.25) is 0 Å². The summed E-state index contributed by atoms with van der Waals surface area (Å²) in [5.74, 6) is 1.58. The minimum absolute atomic E-state index is 0.0445. The number of rotatable bonds is 13. The van der Waals surface area contributed by atoms with Crippen molar-refractivity contribution in [2.24, 2.45) is 28.6 Å². The van der Waals surface area contributed by atoms with Crippen LogP contribution in [0.25, 0.3) is 0 Å². The largest absolute Gasteiger partial charge is 0.382 e. The maximum Gasteiger partial charge on any atom is 0.192 e. The maximum atomic E-state index is 13.3. The molecule has 0 spiro atoms. The molecule has 1 heterocycles. The zero-order chi connectivity index (χ0) is 32.7. The molecule has 1 saturated heterocycles. The van der Waals surface area contributed by atoms with E-state index in [-0.39, 0.29) is 31.5 Å². The van der Waals surface area contributed by atoms with Gasteiger partial charge in [0.15, 0.2) is 11.9 Å². The number of hydrogen-bond acceptors (Lipinski definition) is 10. The van der Waals surface area contributed by atoms with Gasteiger partial charge in [-0.05, 0) is 109 Å². The summed E-state index contributed by atoms with van der Waals surface area (Å²) in [6.45, 7) is 13.6. The van der Waals surface area contributed by atoms with Gasteiger partial charge < -0.3 is 43.4 Å². The Kier molecular flexibility index (Phi) is 10.8. The van der Waals surface area contributed by atoms with Crippen molar-refractivity contribution in [1.29, 1.82) is 0 Å². The first-order valence-electron chi connectivity index (χ1n) is 17.6. The van der Waals surface area contributed by atoms with Gasteiger partial charge in [0.05, 0.1) is 36.4 Å². The molecule has 4 aliphatic carbocycles. The van der Waals surface area contributed by atoms with Crippen LogP contribution in [0.5, 0.6) is 0 Å². The van der Waals surface area contributed by atoms with E-state index in [4.69, 9.17) is 33.2 Å². The van der Waals surface area contributed by atoms with Crippen LogP contribution in [0.3, 0.4) is 0 Å². The Bertz CT molecular complexity index is 1030. The predicted molar refractivity (Wildman–Crippen MR) is 166 cm³/mol. The number of carbonyl (C=O) groups is 1. The summed E-state index contributed by atoms with van der Waals surface area (Å²) >= 11 is 0. The lowest BCUT2D eigenvalue weighted by atomic mass is 9.44. The average Bonchev–Trinajstić information content (AvgIpc) is 3.28. The van der Waals surface area contributed by atoms with Crippen molar-refractivity contribution in [2.45, 2.75) is 141 Å². The first kappa shape index (κ1) is 35.6. The fraction of sp³-hybridized carbons (Fsp3) is 0.971. The molecule has 4 saturated carbocycles. The lowest BCUT2D eigenvalue weighted by Crippen LogP contribution is -2.75. The fourth-order valence-electron chi connectivity index (χ4n) is 10.4. The molecule has 5 rings (SSSR count). The van der Waals surface area contributed by atoms with Gasteiger partial charge in [-0.25, -0.2) is 0 Å². The number of ketones is 1. The molecule has 0 bridgehead atoms. The van der Waals surface area contributed by atoms with E-state index in [1.54, 1.807) is 6.92 Å². The van der Waals surface area contributed by atoms with Crippen LogP contribution in [-0.2, 0) is 38.0 Å². The Labute approximate surface area is 270 Å². The van der Waals surface area contributed by atoms with Crippen LogP contribution in [0.1, 0.15) is 99.3 Å². The summed E-state index contributed by atoms with van der Waals surface area (Å²) in [6.07, 6.45) is 5.13. The molecule has 10 nitrogen and oxygen atoms in total. The van der Waals surface area contributed by atoms with Gasteiger partial charge in [0.1, 0.15) is 24.3 Å². The standard InChI is InChI=1S/C35H60O10/c1-8-40-20-33(37)23(4)44-30(34(38,21-41-9-2)29(33)39-7)45-25-13-16-31(5)24(19-25)11-12-27-26(31)14-17-32(6)28(36)15-18-35(27,32)43-22-42-10-3/h23-27,29-30,37-38H,8-22H2,1-7H3/t23-,24?,25?,26-,27-,29+,30+,31+,32-,33-,34-,35-/m1/s1. The molecule has 2 unspecified atom stereocenters. The summed E-state index contributed by atoms with van der Waals surface area (Å²) in [7, 11) is 1.48. The minimum Gasteiger partial charge on any atom is -0.382 e. The predicted octanol–water partition coefficient (Wildman–Crippen LogP) is 4.41. The number of ether oxygens (including phenoxy) is 7. The first-order chi connectivity index (χ1) is 21.4. The molecule has 0 radical (unpaired) electrons. The van der Waals surface area contributed by atoms with E-state index >= 15 is 0 Å². The lowest BCUT2D eigenvalue weighted by molar-refractivity contribution is -0.386. The number of fused-ring (bicyclic) bond motifs is 5. The van der Waals surface area contributed by atoms with E-state index in [0.29, 0.717) is 49.8 Å². The average molecular weight is 641 g/mol. The molecule has 0 amide bonds. The second kappa shape index (κ2) is 13.7. The van der Waals surface area contributed by atoms with E-state index in [9.17, 15) is 15.0 Å². The van der Waals surface area contributed by atoms with Crippen LogP contribution in [0, 0.1) is 28.6 Å². The smallest absolute Gasteiger partial charge is 0.192 e. The molecule has 12 atom stereocenters. The summed E-state index contributed by atoms with van der Waals surface area (Å²) in [5, 5.41) is 23.8. The van der Waals surface area contributed by atoms with Gasteiger partial charge in [-0.3, -0.25) is 4.79 Å². The summed E-state index contributed by atoms with van der Waals surface area (Å²) in [5.41, 5.74) is -4.13. The molecule has 2 N–H and O–H groups in total. The van der Waals surface area contributed by atoms with Gasteiger partial charge in [0.25, 0.3) is 0 Å². The van der Waals surface area contributed by atoms with Crippen LogP contribution in [0.15, 0.2) is 0 Å². The first-order valence-corrected chi connectivity index (χ1v) is 17.6. The topological polar surface area (TPSA) is 122 Å². The fourth-order valence-corrected chi connectivity index (χ4v) is 10.4. The molecule has 0 aromatic rings. The summed E-state index contributed by atoms with van der Waals surface area (Å²) in [4.78, 5) is 13.3. The van der Waals surface area contributed by atoms with Crippen LogP contribution in [-0.4, -0.2) is 104 Å². The highest BCUT2D eigenvalue weighted by Crippen LogP contribution is 2.68. The Morgan fingerprint density at radius 2 is 1.56 bits per heavy atom. The molecule has 0 aromatic heterocycles. The Balaban J connectivity index is 1.34. The Morgan fingerprint density at radius 3 is 2.22 bits per heavy atom. The normalized spacial score (nSPS) is 48.1. The van der Waals surface area contributed by atoms with Gasteiger partial charge in [-0.2, -0.15) is 0 Å². The molecular weight excluding hydrogens is 580 g/mol. The molecule has 0 aromatic carbocycles. The molecule has 5 fully saturated rings. The molecule has 260 valence electrons. The Morgan fingerprint density at radius 1 is 0.867 bits per heavy atom. The van der Waals surface area contributed by atoms with Crippen LogP contribution >= 0.6 is 0 Å². The highest BCUT2D eigenvalue weighted by atomic mass is 16.7. The van der Waals surface area contributed by atoms with Crippen molar-refractivity contribution in [3.05, 3.63) is 0 Å². The van der Waals surface area contributed by atoms with Gasteiger partial charge in [0, 0.05) is 33.4 Å². The molecule has 10 heteroatoms. The van der Waals surface area contributed by atoms with Crippen molar-refractivity contribution < 1.29 is 48.2 Å². The van der Waals surface area contributed by atoms with E-state index in [2.05, 4.69) is 13.8 Å². The third-order valence-electron chi connectivity index (χ3n) is 13.0. The Hall–Kier alpha value is -0.690. The highest BCUT2D eigenvalue weighted by Gasteiger charge is 2.69. The van der Waals surface area contributed by atoms with Gasteiger partial charge >= 0.3 is 0 Å². The van der Waals surface area contributed by atoms with Gasteiger partial charge in [-0.15, -0.1) is 0 Å². The van der Waals surface area contributed by atoms with Crippen molar-refractivity contribution in [3.63, 3.8) is 0 Å². The zero-order valence-corrected chi connectivity index (χ0v) is 28.8. The number of carbonyl (C=O) groups excluding carboxylic acids is 1. The second-order valence-electron chi connectivity index (χ2n) is 14.9. The summed E-state index contributed by atoms with van der Waals surface area (Å²) < 4.78 is 42.5. The lowest BCUT2D eigenvalue weighted by Gasteiger charge is -2.63. The maximum absolute atomic E-state index is 13.3. The van der Waals surface area contributed by atoms with E-state index in [1.165, 1.54) is 7.11 Å². The van der Waals surface area contributed by atoms with Crippen molar-refractivity contribution in [1.82, 2.24) is 0 Å². The summed E-state index contributed by atoms with van der Waals surface area (Å²) in [6, 6.07) is 0. The van der Waals surface area contributed by atoms with Crippen molar-refractivity contribution >= 4 is 5.78 Å². The molecular formula is C35H60O10. The van der Waals surface area contributed by atoms with Crippen LogP contribution in [0.4, 0.5) is 0 Å². The SMILES string of the molecule is CCOCO[C@@]12CCC(=O)[C@@]1(C)CC[C@@H]1[C@H]2CCC2CC(O[C@@H]3O[C@H](C)[C@](O)(COCC)[C@H](OC)[C@]3(O)COCC)CC[C@@]21C. The van der Waals surface area contributed by atoms with Crippen molar-refractivity contribution in [2.75, 3.05) is 46.9 Å². The quantitative estimate of drug-likeness (QED) is 0.170. The molecule has 45 heavy (non-hydrogen) atoms.